The fraction of sp³-hybridized carbons (Fsp3) is 0.250. The monoisotopic (exact) mass is 362 g/mol. The zero-order chi connectivity index (χ0) is 18.6. The lowest BCUT2D eigenvalue weighted by Crippen LogP contribution is -2.25. The summed E-state index contributed by atoms with van der Waals surface area (Å²) in [5.41, 5.74) is 3.56. The van der Waals surface area contributed by atoms with E-state index in [0.717, 1.165) is 29.6 Å². The fourth-order valence-electron chi connectivity index (χ4n) is 3.07. The molecule has 0 fully saturated rings. The number of fused-ring (bicyclic) bond motifs is 2. The summed E-state index contributed by atoms with van der Waals surface area (Å²) in [6.45, 7) is 3.38. The van der Waals surface area contributed by atoms with E-state index in [0.29, 0.717) is 23.8 Å². The van der Waals surface area contributed by atoms with Gasteiger partial charge in [-0.05, 0) is 41.6 Å². The first kappa shape index (κ1) is 17.2. The van der Waals surface area contributed by atoms with Gasteiger partial charge in [-0.3, -0.25) is 0 Å². The normalized spacial score (nSPS) is 11.2. The lowest BCUT2D eigenvalue weighted by molar-refractivity contribution is 0.290. The Balaban J connectivity index is 1.54. The van der Waals surface area contributed by atoms with Crippen LogP contribution in [0.2, 0.25) is 0 Å². The molecule has 0 spiro atoms. The maximum absolute atomic E-state index is 9.54. The Morgan fingerprint density at radius 3 is 2.93 bits per heavy atom. The smallest absolute Gasteiger partial charge is 0.182 e. The summed E-state index contributed by atoms with van der Waals surface area (Å²) in [5, 5.41) is 14.0. The van der Waals surface area contributed by atoms with Crippen molar-refractivity contribution >= 4 is 33.7 Å². The van der Waals surface area contributed by atoms with Gasteiger partial charge in [0.05, 0.1) is 6.20 Å². The molecule has 4 rings (SSSR count). The first-order chi connectivity index (χ1) is 13.3. The van der Waals surface area contributed by atoms with Crippen molar-refractivity contribution in [3.05, 3.63) is 54.4 Å². The molecule has 27 heavy (non-hydrogen) atoms. The van der Waals surface area contributed by atoms with Gasteiger partial charge in [0.1, 0.15) is 23.9 Å². The summed E-state index contributed by atoms with van der Waals surface area (Å²) < 4.78 is 0. The van der Waals surface area contributed by atoms with Crippen molar-refractivity contribution in [2.75, 3.05) is 23.5 Å². The number of aromatic nitrogens is 4. The van der Waals surface area contributed by atoms with E-state index < -0.39 is 0 Å². The van der Waals surface area contributed by atoms with Crippen molar-refractivity contribution in [3.63, 3.8) is 0 Å². The average Bonchev–Trinajstić information content (AvgIpc) is 3.17. The molecule has 3 N–H and O–H groups in total. The zero-order valence-electron chi connectivity index (χ0n) is 15.2. The van der Waals surface area contributed by atoms with Crippen LogP contribution < -0.4 is 10.2 Å². The van der Waals surface area contributed by atoms with Gasteiger partial charge in [0.25, 0.3) is 0 Å². The van der Waals surface area contributed by atoms with Crippen LogP contribution in [0.5, 0.6) is 0 Å². The van der Waals surface area contributed by atoms with Gasteiger partial charge in [-0.1, -0.05) is 19.1 Å². The van der Waals surface area contributed by atoms with Gasteiger partial charge in [0, 0.05) is 24.8 Å². The van der Waals surface area contributed by atoms with Crippen LogP contribution in [0.15, 0.2) is 48.8 Å². The second-order valence-corrected chi connectivity index (χ2v) is 6.43. The second kappa shape index (κ2) is 7.59. The molecule has 0 bridgehead atoms. The molecule has 0 radical (unpaired) electrons. The number of aromatic amines is 1. The molecular formula is C20H22N6O. The van der Waals surface area contributed by atoms with Gasteiger partial charge < -0.3 is 20.3 Å². The van der Waals surface area contributed by atoms with Crippen LogP contribution in [-0.2, 0) is 6.54 Å². The Bertz CT molecular complexity index is 1060. The lowest BCUT2D eigenvalue weighted by atomic mass is 10.1. The molecule has 1 aromatic carbocycles. The van der Waals surface area contributed by atoms with Gasteiger partial charge in [-0.25, -0.2) is 15.0 Å². The number of rotatable bonds is 7. The van der Waals surface area contributed by atoms with Crippen molar-refractivity contribution in [1.29, 1.82) is 0 Å². The average molecular weight is 362 g/mol. The van der Waals surface area contributed by atoms with Crippen LogP contribution in [0.4, 0.5) is 11.6 Å². The van der Waals surface area contributed by atoms with E-state index in [4.69, 9.17) is 0 Å². The van der Waals surface area contributed by atoms with Crippen molar-refractivity contribution in [2.45, 2.75) is 19.9 Å². The molecule has 0 unspecified atom stereocenters. The minimum atomic E-state index is -0.0705. The van der Waals surface area contributed by atoms with Crippen LogP contribution in [0.1, 0.15) is 18.9 Å². The van der Waals surface area contributed by atoms with E-state index >= 15 is 0 Å². The van der Waals surface area contributed by atoms with E-state index in [-0.39, 0.29) is 6.73 Å². The van der Waals surface area contributed by atoms with Crippen molar-refractivity contribution in [2.24, 2.45) is 0 Å². The lowest BCUT2D eigenvalue weighted by Gasteiger charge is -2.20. The first-order valence-corrected chi connectivity index (χ1v) is 9.06. The Kier molecular flexibility index (Phi) is 4.84. The van der Waals surface area contributed by atoms with E-state index in [2.05, 4.69) is 56.4 Å². The molecule has 3 aromatic heterocycles. The highest BCUT2D eigenvalue weighted by Gasteiger charge is 2.08. The summed E-state index contributed by atoms with van der Waals surface area (Å²) >= 11 is 0. The van der Waals surface area contributed by atoms with Crippen LogP contribution in [0, 0.1) is 0 Å². The van der Waals surface area contributed by atoms with Gasteiger partial charge in [0.15, 0.2) is 5.65 Å². The number of aliphatic hydroxyl groups is 1. The van der Waals surface area contributed by atoms with Crippen molar-refractivity contribution in [1.82, 2.24) is 19.9 Å². The molecule has 0 aliphatic rings. The Labute approximate surface area is 157 Å². The second-order valence-electron chi connectivity index (χ2n) is 6.43. The third kappa shape index (κ3) is 3.68. The topological polar surface area (TPSA) is 90.0 Å². The number of pyridine rings is 1. The number of aliphatic hydroxyl groups excluding tert-OH is 1. The predicted molar refractivity (Wildman–Crippen MR) is 108 cm³/mol. The van der Waals surface area contributed by atoms with E-state index in [1.165, 1.54) is 5.39 Å². The highest BCUT2D eigenvalue weighted by Crippen LogP contribution is 2.18. The highest BCUT2D eigenvalue weighted by molar-refractivity contribution is 5.80. The maximum Gasteiger partial charge on any atom is 0.182 e. The summed E-state index contributed by atoms with van der Waals surface area (Å²) in [7, 11) is 0. The zero-order valence-corrected chi connectivity index (χ0v) is 15.2. The molecule has 7 nitrogen and oxygen atoms in total. The molecule has 0 saturated heterocycles. The number of anilines is 2. The van der Waals surface area contributed by atoms with Crippen LogP contribution in [0.3, 0.4) is 0 Å². The number of H-pyrrole nitrogens is 1. The third-order valence-electron chi connectivity index (χ3n) is 4.47. The third-order valence-corrected chi connectivity index (χ3v) is 4.47. The molecule has 7 heteroatoms. The van der Waals surface area contributed by atoms with Gasteiger partial charge >= 0.3 is 0 Å². The number of nitrogens with zero attached hydrogens (tertiary/aromatic N) is 4. The molecule has 0 aliphatic heterocycles. The maximum atomic E-state index is 9.54. The number of hydrogen-bond acceptors (Lipinski definition) is 6. The largest absolute Gasteiger partial charge is 0.376 e. The first-order valence-electron chi connectivity index (χ1n) is 9.06. The molecule has 0 amide bonds. The minimum Gasteiger partial charge on any atom is -0.376 e. The highest BCUT2D eigenvalue weighted by atomic mass is 16.3. The molecule has 138 valence electrons. The molecular weight excluding hydrogens is 340 g/mol. The van der Waals surface area contributed by atoms with Crippen LogP contribution in [0.25, 0.3) is 22.1 Å². The number of hydrogen-bond donors (Lipinski definition) is 3. The fourth-order valence-corrected chi connectivity index (χ4v) is 3.07. The van der Waals surface area contributed by atoms with Crippen LogP contribution >= 0.6 is 0 Å². The minimum absolute atomic E-state index is 0.0705. The van der Waals surface area contributed by atoms with Gasteiger partial charge in [-0.15, -0.1) is 0 Å². The van der Waals surface area contributed by atoms with Crippen molar-refractivity contribution < 1.29 is 5.11 Å². The van der Waals surface area contributed by atoms with E-state index in [9.17, 15) is 5.11 Å². The van der Waals surface area contributed by atoms with Gasteiger partial charge in [0.2, 0.25) is 0 Å². The summed E-state index contributed by atoms with van der Waals surface area (Å²) in [4.78, 5) is 18.6. The van der Waals surface area contributed by atoms with Crippen molar-refractivity contribution in [3.8, 4) is 0 Å². The summed E-state index contributed by atoms with van der Waals surface area (Å²) in [6.07, 6.45) is 4.58. The molecule has 0 aliphatic carbocycles. The number of nitrogens with one attached hydrogen (secondary N) is 2. The molecule has 3 heterocycles. The quantitative estimate of drug-likeness (QED) is 0.437. The Morgan fingerprint density at radius 2 is 2.07 bits per heavy atom. The Morgan fingerprint density at radius 1 is 1.15 bits per heavy atom. The van der Waals surface area contributed by atoms with E-state index in [1.807, 2.05) is 23.2 Å². The van der Waals surface area contributed by atoms with E-state index in [1.54, 1.807) is 6.20 Å². The standard InChI is InChI=1S/C20H22N6O/c1-2-9-26(13-27)19-6-5-16-20(25-19)24-18(12-22-16)23-11-14-3-4-15-7-8-21-17(15)10-14/h3-8,10,12,21,27H,2,9,11,13H2,1H3,(H,23,24,25). The molecule has 4 aromatic rings. The summed E-state index contributed by atoms with van der Waals surface area (Å²) in [5.74, 6) is 1.38. The summed E-state index contributed by atoms with van der Waals surface area (Å²) in [6, 6.07) is 12.1. The Hall–Kier alpha value is -3.19. The van der Waals surface area contributed by atoms with Crippen LogP contribution in [-0.4, -0.2) is 38.3 Å². The molecule has 0 saturated carbocycles. The molecule has 0 atom stereocenters. The number of benzene rings is 1. The SMILES string of the molecule is CCCN(CO)c1ccc2ncc(NCc3ccc4cc[nH]c4c3)nc2n1. The van der Waals surface area contributed by atoms with Gasteiger partial charge in [-0.2, -0.15) is 0 Å². The predicted octanol–water partition coefficient (Wildman–Crippen LogP) is 3.28.